The molecule has 18 heavy (non-hydrogen) atoms. The van der Waals surface area contributed by atoms with Crippen LogP contribution in [0.1, 0.15) is 51.3 Å². The summed E-state index contributed by atoms with van der Waals surface area (Å²) in [5, 5.41) is 4.39. The first kappa shape index (κ1) is 14.0. The van der Waals surface area contributed by atoms with E-state index in [0.29, 0.717) is 0 Å². The lowest BCUT2D eigenvalue weighted by molar-refractivity contribution is -0.0836. The van der Waals surface area contributed by atoms with Gasteiger partial charge in [-0.15, -0.1) is 0 Å². The zero-order valence-electron chi connectivity index (χ0n) is 11.2. The van der Waals surface area contributed by atoms with Gasteiger partial charge in [0.15, 0.2) is 0 Å². The Labute approximate surface area is 117 Å². The smallest absolute Gasteiger partial charge is 0.0861 e. The molecule has 1 fully saturated rings. The van der Waals surface area contributed by atoms with Crippen molar-refractivity contribution in [2.24, 2.45) is 5.73 Å². The molecule has 2 unspecified atom stereocenters. The van der Waals surface area contributed by atoms with Gasteiger partial charge in [-0.2, -0.15) is 5.10 Å². The molecule has 4 nitrogen and oxygen atoms in total. The molecule has 0 aromatic carbocycles. The second-order valence-corrected chi connectivity index (χ2v) is 6.05. The molecule has 2 atom stereocenters. The van der Waals surface area contributed by atoms with Gasteiger partial charge in [-0.05, 0) is 48.5 Å². The number of aryl methyl sites for hydroxylation is 1. The van der Waals surface area contributed by atoms with Gasteiger partial charge in [-0.3, -0.25) is 4.68 Å². The van der Waals surface area contributed by atoms with Crippen molar-refractivity contribution in [3.8, 4) is 0 Å². The molecule has 1 aliphatic heterocycles. The van der Waals surface area contributed by atoms with Crippen molar-refractivity contribution >= 4 is 15.9 Å². The van der Waals surface area contributed by atoms with Crippen molar-refractivity contribution < 1.29 is 4.74 Å². The minimum Gasteiger partial charge on any atom is -0.373 e. The van der Waals surface area contributed by atoms with E-state index in [1.807, 2.05) is 10.9 Å². The van der Waals surface area contributed by atoms with Crippen LogP contribution in [0.15, 0.2) is 10.7 Å². The summed E-state index contributed by atoms with van der Waals surface area (Å²) >= 11 is 3.56. The quantitative estimate of drug-likeness (QED) is 0.929. The molecule has 0 saturated carbocycles. The van der Waals surface area contributed by atoms with E-state index in [4.69, 9.17) is 10.5 Å². The van der Waals surface area contributed by atoms with Crippen LogP contribution in [-0.4, -0.2) is 22.0 Å². The Kier molecular flexibility index (Phi) is 4.45. The molecule has 0 radical (unpaired) electrons. The fourth-order valence-electron chi connectivity index (χ4n) is 2.56. The molecule has 2 rings (SSSR count). The normalized spacial score (nSPS) is 26.2. The highest BCUT2D eigenvalue weighted by Gasteiger charge is 2.38. The van der Waals surface area contributed by atoms with Crippen LogP contribution < -0.4 is 5.73 Å². The minimum absolute atomic E-state index is 0.138. The first-order valence-corrected chi connectivity index (χ1v) is 7.48. The van der Waals surface area contributed by atoms with Crippen LogP contribution in [-0.2, 0) is 11.3 Å². The topological polar surface area (TPSA) is 53.1 Å². The number of halogens is 1. The Morgan fingerprint density at radius 3 is 3.00 bits per heavy atom. The Hall–Kier alpha value is -0.390. The third-order valence-electron chi connectivity index (χ3n) is 3.72. The van der Waals surface area contributed by atoms with Crippen molar-refractivity contribution in [1.82, 2.24) is 9.78 Å². The third-order valence-corrected chi connectivity index (χ3v) is 4.33. The lowest BCUT2D eigenvalue weighted by atomic mass is 9.87. The van der Waals surface area contributed by atoms with E-state index in [1.165, 1.54) is 6.42 Å². The van der Waals surface area contributed by atoms with Crippen molar-refractivity contribution in [3.05, 3.63) is 16.4 Å². The summed E-state index contributed by atoms with van der Waals surface area (Å²) in [4.78, 5) is 0. The number of hydrogen-bond acceptors (Lipinski definition) is 3. The summed E-state index contributed by atoms with van der Waals surface area (Å²) in [6.45, 7) is 5.96. The summed E-state index contributed by atoms with van der Waals surface area (Å²) in [7, 11) is 0. The molecule has 0 amide bonds. The van der Waals surface area contributed by atoms with Crippen LogP contribution in [0.2, 0.25) is 0 Å². The van der Waals surface area contributed by atoms with E-state index >= 15 is 0 Å². The van der Waals surface area contributed by atoms with Gasteiger partial charge in [0.25, 0.3) is 0 Å². The van der Waals surface area contributed by atoms with Gasteiger partial charge >= 0.3 is 0 Å². The molecule has 2 N–H and O–H groups in total. The second-order valence-electron chi connectivity index (χ2n) is 5.20. The Balaban J connectivity index is 2.26. The Bertz CT molecular complexity index is 399. The van der Waals surface area contributed by atoms with Gasteiger partial charge in [0.1, 0.15) is 0 Å². The standard InChI is InChI=1S/C13H22BrN3O/c1-3-7-17-11(10(14)9-16-17)12(15)13(2)6-4-5-8-18-13/h9,12H,3-8,15H2,1-2H3. The highest BCUT2D eigenvalue weighted by Crippen LogP contribution is 2.37. The zero-order chi connectivity index (χ0) is 13.2. The third kappa shape index (κ3) is 2.63. The van der Waals surface area contributed by atoms with E-state index in [9.17, 15) is 0 Å². The monoisotopic (exact) mass is 315 g/mol. The number of nitrogens with two attached hydrogens (primary N) is 1. The lowest BCUT2D eigenvalue weighted by Gasteiger charge is -2.39. The largest absolute Gasteiger partial charge is 0.373 e. The summed E-state index contributed by atoms with van der Waals surface area (Å²) in [6, 6.07) is -0.138. The van der Waals surface area contributed by atoms with Crippen LogP contribution >= 0.6 is 15.9 Å². The molecule has 1 saturated heterocycles. The molecular weight excluding hydrogens is 294 g/mol. The average Bonchev–Trinajstić information content (AvgIpc) is 2.71. The number of ether oxygens (including phenoxy) is 1. The van der Waals surface area contributed by atoms with Crippen LogP contribution in [0.25, 0.3) is 0 Å². The number of rotatable bonds is 4. The van der Waals surface area contributed by atoms with Crippen molar-refractivity contribution in [1.29, 1.82) is 0 Å². The van der Waals surface area contributed by atoms with Gasteiger partial charge < -0.3 is 10.5 Å². The SMILES string of the molecule is CCCn1ncc(Br)c1C(N)C1(C)CCCCO1. The maximum absolute atomic E-state index is 6.46. The second kappa shape index (κ2) is 5.72. The highest BCUT2D eigenvalue weighted by atomic mass is 79.9. The molecular formula is C13H22BrN3O. The van der Waals surface area contributed by atoms with Crippen LogP contribution in [0, 0.1) is 0 Å². The highest BCUT2D eigenvalue weighted by molar-refractivity contribution is 9.10. The average molecular weight is 316 g/mol. The number of nitrogens with zero attached hydrogens (tertiary/aromatic N) is 2. The van der Waals surface area contributed by atoms with Crippen molar-refractivity contribution in [3.63, 3.8) is 0 Å². The van der Waals surface area contributed by atoms with E-state index in [-0.39, 0.29) is 11.6 Å². The van der Waals surface area contributed by atoms with Crippen molar-refractivity contribution in [2.75, 3.05) is 6.61 Å². The van der Waals surface area contributed by atoms with Gasteiger partial charge in [0, 0.05) is 13.2 Å². The maximum Gasteiger partial charge on any atom is 0.0861 e. The molecule has 5 heteroatoms. The molecule has 0 aliphatic carbocycles. The first-order valence-electron chi connectivity index (χ1n) is 6.69. The molecule has 0 spiro atoms. The van der Waals surface area contributed by atoms with E-state index in [2.05, 4.69) is 34.9 Å². The summed E-state index contributed by atoms with van der Waals surface area (Å²) in [5.41, 5.74) is 7.25. The predicted octanol–water partition coefficient (Wildman–Crippen LogP) is 3.01. The molecule has 1 aliphatic rings. The van der Waals surface area contributed by atoms with E-state index in [0.717, 1.165) is 42.6 Å². The molecule has 102 valence electrons. The Morgan fingerprint density at radius 1 is 1.61 bits per heavy atom. The van der Waals surface area contributed by atoms with Gasteiger partial charge in [0.2, 0.25) is 0 Å². The zero-order valence-corrected chi connectivity index (χ0v) is 12.7. The maximum atomic E-state index is 6.46. The van der Waals surface area contributed by atoms with Crippen LogP contribution in [0.5, 0.6) is 0 Å². The fraction of sp³-hybridized carbons (Fsp3) is 0.769. The lowest BCUT2D eigenvalue weighted by Crippen LogP contribution is -2.44. The fourth-order valence-corrected chi connectivity index (χ4v) is 3.10. The van der Waals surface area contributed by atoms with Gasteiger partial charge in [0.05, 0.1) is 28.0 Å². The summed E-state index contributed by atoms with van der Waals surface area (Å²) in [6.07, 6.45) is 6.21. The first-order chi connectivity index (χ1) is 8.58. The van der Waals surface area contributed by atoms with Crippen LogP contribution in [0.3, 0.4) is 0 Å². The Morgan fingerprint density at radius 2 is 2.39 bits per heavy atom. The molecule has 2 heterocycles. The summed E-state index contributed by atoms with van der Waals surface area (Å²) in [5.74, 6) is 0. The number of hydrogen-bond donors (Lipinski definition) is 1. The summed E-state index contributed by atoms with van der Waals surface area (Å²) < 4.78 is 8.94. The van der Waals surface area contributed by atoms with E-state index in [1.54, 1.807) is 0 Å². The van der Waals surface area contributed by atoms with Crippen LogP contribution in [0.4, 0.5) is 0 Å². The molecule has 0 bridgehead atoms. The molecule has 1 aromatic rings. The van der Waals surface area contributed by atoms with E-state index < -0.39 is 0 Å². The molecule has 1 aromatic heterocycles. The number of aromatic nitrogens is 2. The minimum atomic E-state index is -0.272. The van der Waals surface area contributed by atoms with Gasteiger partial charge in [-0.1, -0.05) is 6.92 Å². The predicted molar refractivity (Wildman–Crippen MR) is 75.4 cm³/mol. The van der Waals surface area contributed by atoms with Gasteiger partial charge in [-0.25, -0.2) is 0 Å². The van der Waals surface area contributed by atoms with Crippen molar-refractivity contribution in [2.45, 2.75) is 57.7 Å².